The number of benzene rings is 3. The van der Waals surface area contributed by atoms with Crippen LogP contribution in [0.25, 0.3) is 10.8 Å². The molecule has 0 amide bonds. The van der Waals surface area contributed by atoms with Gasteiger partial charge in [0.1, 0.15) is 6.29 Å². The second kappa shape index (κ2) is 12.6. The van der Waals surface area contributed by atoms with Crippen molar-refractivity contribution in [3.8, 4) is 0 Å². The van der Waals surface area contributed by atoms with Crippen molar-refractivity contribution in [2.24, 2.45) is 5.92 Å². The van der Waals surface area contributed by atoms with Gasteiger partial charge in [-0.15, -0.1) is 22.4 Å². The Morgan fingerprint density at radius 2 is 1.68 bits per heavy atom. The van der Waals surface area contributed by atoms with Crippen LogP contribution in [0.2, 0.25) is 0 Å². The summed E-state index contributed by atoms with van der Waals surface area (Å²) in [5.41, 5.74) is 5.51. The van der Waals surface area contributed by atoms with Crippen LogP contribution in [0.1, 0.15) is 38.8 Å². The van der Waals surface area contributed by atoms with E-state index < -0.39 is 0 Å². The van der Waals surface area contributed by atoms with Crippen LogP contribution < -0.4 is 5.30 Å². The van der Waals surface area contributed by atoms with Crippen molar-refractivity contribution in [1.82, 2.24) is 4.90 Å². The van der Waals surface area contributed by atoms with Crippen LogP contribution in [-0.4, -0.2) is 36.6 Å². The molecule has 0 radical (unpaired) electrons. The van der Waals surface area contributed by atoms with Crippen molar-refractivity contribution in [2.45, 2.75) is 44.6 Å². The van der Waals surface area contributed by atoms with Crippen molar-refractivity contribution in [2.75, 3.05) is 14.1 Å². The fraction of sp³-hybridized carbons (Fsp3) is 0.345. The van der Waals surface area contributed by atoms with E-state index in [1.807, 2.05) is 6.07 Å². The van der Waals surface area contributed by atoms with Crippen LogP contribution >= 0.6 is 17.5 Å². The number of nitrogens with zero attached hydrogens (tertiary/aromatic N) is 1. The van der Waals surface area contributed by atoms with E-state index in [-0.39, 0.29) is 13.8 Å². The maximum atomic E-state index is 11.2. The van der Waals surface area contributed by atoms with Crippen molar-refractivity contribution in [3.63, 3.8) is 0 Å². The Hall–Kier alpha value is -1.33. The van der Waals surface area contributed by atoms with E-state index in [1.54, 1.807) is 5.57 Å². The molecule has 5 heteroatoms. The SMILES string of the molecule is CC1=C(C)[C@H]2[C@@H](C=O)C[C@@H]1[P@]2c1ccccc1.C[C@@H](c1[c-]ccc2ccccc12)N(C)C.[Cl][Pd+]. The number of allylic oxidation sites excluding steroid dienone is 2. The molecule has 34 heavy (non-hydrogen) atoms. The number of carbonyl (C=O) groups is 1. The molecule has 1 fully saturated rings. The van der Waals surface area contributed by atoms with Crippen molar-refractivity contribution >= 4 is 39.8 Å². The van der Waals surface area contributed by atoms with Gasteiger partial charge in [-0.25, -0.2) is 0 Å². The van der Waals surface area contributed by atoms with E-state index in [0.29, 0.717) is 17.4 Å². The summed E-state index contributed by atoms with van der Waals surface area (Å²) in [5, 5.41) is 4.07. The minimum absolute atomic E-state index is 0.181. The Kier molecular flexibility index (Phi) is 10.1. The third-order valence-electron chi connectivity index (χ3n) is 7.28. The van der Waals surface area contributed by atoms with Gasteiger partial charge in [0.25, 0.3) is 0 Å². The molecule has 2 heterocycles. The number of fused-ring (bicyclic) bond motifs is 3. The predicted octanol–water partition coefficient (Wildman–Crippen LogP) is 7.05. The topological polar surface area (TPSA) is 20.3 Å². The van der Waals surface area contributed by atoms with E-state index in [4.69, 9.17) is 0 Å². The quantitative estimate of drug-likeness (QED) is 0.108. The number of rotatable bonds is 4. The van der Waals surface area contributed by atoms with Crippen LogP contribution in [0.5, 0.6) is 0 Å². The Bertz CT molecular complexity index is 1130. The molecule has 0 unspecified atom stereocenters. The normalized spacial score (nSPS) is 23.8. The molecule has 2 bridgehead atoms. The van der Waals surface area contributed by atoms with Gasteiger partial charge in [0.2, 0.25) is 0 Å². The van der Waals surface area contributed by atoms with Gasteiger partial charge in [-0.05, 0) is 46.6 Å². The zero-order chi connectivity index (χ0) is 24.8. The Morgan fingerprint density at radius 1 is 1.03 bits per heavy atom. The fourth-order valence-corrected chi connectivity index (χ4v) is 9.07. The standard InChI is InChI=1S/C15H17OP.C14H16N.ClH.Pd/c1-10-11(2)15-12(9-16)8-14(10)17(15)13-6-4-3-5-7-13;1-11(15(2)3)13-10-6-8-12-7-4-5-9-14(12)13;;/h3-7,9,12,14-15H,8H2,1-2H3;4-9,11H,1-3H3;1H;/q;-1;;+2/p-1/t12-,14+,15+,17+;11-;;/m10../s1. The van der Waals surface area contributed by atoms with Crippen LogP contribution in [0.3, 0.4) is 0 Å². The number of halogens is 1. The fourth-order valence-electron chi connectivity index (χ4n) is 5.17. The summed E-state index contributed by atoms with van der Waals surface area (Å²) in [5.74, 6) is 0.273. The van der Waals surface area contributed by atoms with E-state index in [1.165, 1.54) is 33.5 Å². The molecule has 0 spiro atoms. The molecule has 0 saturated carbocycles. The summed E-state index contributed by atoms with van der Waals surface area (Å²) in [6.07, 6.45) is 2.27. The van der Waals surface area contributed by atoms with E-state index >= 15 is 0 Å². The second-order valence-electron chi connectivity index (χ2n) is 9.22. The molecule has 1 saturated heterocycles. The Morgan fingerprint density at radius 3 is 2.32 bits per heavy atom. The molecule has 0 aliphatic carbocycles. The van der Waals surface area contributed by atoms with Gasteiger partial charge in [-0.1, -0.05) is 67.6 Å². The Balaban J connectivity index is 0.000000179. The molecule has 3 aromatic rings. The summed E-state index contributed by atoms with van der Waals surface area (Å²) in [7, 11) is 8.50. The average molecular weight is 584 g/mol. The van der Waals surface area contributed by atoms with Gasteiger partial charge in [0.05, 0.1) is 0 Å². The molecule has 0 aromatic heterocycles. The van der Waals surface area contributed by atoms with E-state index in [0.717, 1.165) is 6.42 Å². The van der Waals surface area contributed by atoms with Crippen molar-refractivity contribution in [1.29, 1.82) is 0 Å². The van der Waals surface area contributed by atoms with Crippen molar-refractivity contribution in [3.05, 3.63) is 89.5 Å². The minimum atomic E-state index is -0.181. The molecular weight excluding hydrogens is 551 g/mol. The molecule has 5 rings (SSSR count). The summed E-state index contributed by atoms with van der Waals surface area (Å²) in [6, 6.07) is 27.1. The van der Waals surface area contributed by atoms with Crippen LogP contribution in [0, 0.1) is 12.0 Å². The van der Waals surface area contributed by atoms with Gasteiger partial charge < -0.3 is 9.69 Å². The van der Waals surface area contributed by atoms with E-state index in [9.17, 15) is 4.79 Å². The second-order valence-corrected chi connectivity index (χ2v) is 11.7. The molecule has 2 aliphatic rings. The zero-order valence-electron chi connectivity index (χ0n) is 20.4. The molecular formula is C29H33ClNOPPd. The molecule has 0 N–H and O–H groups in total. The predicted molar refractivity (Wildman–Crippen MR) is 144 cm³/mol. The molecule has 2 aliphatic heterocycles. The van der Waals surface area contributed by atoms with E-state index in [2.05, 4.69) is 134 Å². The first-order valence-electron chi connectivity index (χ1n) is 11.6. The van der Waals surface area contributed by atoms with Crippen molar-refractivity contribution < 1.29 is 23.0 Å². The Labute approximate surface area is 220 Å². The zero-order valence-corrected chi connectivity index (χ0v) is 23.6. The molecule has 3 aromatic carbocycles. The van der Waals surface area contributed by atoms with Gasteiger partial charge in [-0.3, -0.25) is 0 Å². The average Bonchev–Trinajstić information content (AvgIpc) is 3.38. The monoisotopic (exact) mass is 583 g/mol. The summed E-state index contributed by atoms with van der Waals surface area (Å²) in [6.45, 7) is 6.70. The van der Waals surface area contributed by atoms with Crippen LogP contribution in [0.15, 0.2) is 77.9 Å². The van der Waals surface area contributed by atoms with Gasteiger partial charge in [0, 0.05) is 23.3 Å². The van der Waals surface area contributed by atoms with Crippen LogP contribution in [-0.2, 0) is 23.0 Å². The van der Waals surface area contributed by atoms with Gasteiger partial charge in [-0.2, -0.15) is 18.2 Å². The van der Waals surface area contributed by atoms with Gasteiger partial charge in [0.15, 0.2) is 0 Å². The first-order valence-corrected chi connectivity index (χ1v) is 15.1. The summed E-state index contributed by atoms with van der Waals surface area (Å²) < 4.78 is 0. The van der Waals surface area contributed by atoms with Crippen LogP contribution in [0.4, 0.5) is 0 Å². The first-order chi connectivity index (χ1) is 16.4. The maximum absolute atomic E-state index is 11.2. The molecule has 5 atom stereocenters. The molecule has 2 nitrogen and oxygen atoms in total. The number of carbonyl (C=O) groups excluding carboxylic acids is 1. The number of aldehydes is 1. The van der Waals surface area contributed by atoms with Gasteiger partial charge >= 0.3 is 27.7 Å². The summed E-state index contributed by atoms with van der Waals surface area (Å²) in [4.78, 5) is 13.4. The third kappa shape index (κ3) is 5.56. The molecule has 182 valence electrons. The number of hydrogen-bond donors (Lipinski definition) is 0. The number of hydrogen-bond acceptors (Lipinski definition) is 2. The summed E-state index contributed by atoms with van der Waals surface area (Å²) >= 11 is 2.22. The first kappa shape index (κ1) is 27.3. The third-order valence-corrected chi connectivity index (χ3v) is 10.8.